The van der Waals surface area contributed by atoms with Gasteiger partial charge in [0.05, 0.1) is 25.4 Å². The molecule has 1 N–H and O–H groups in total. The van der Waals surface area contributed by atoms with Gasteiger partial charge >= 0.3 is 6.18 Å². The van der Waals surface area contributed by atoms with Crippen LogP contribution < -0.4 is 9.47 Å². The Labute approximate surface area is 198 Å². The van der Waals surface area contributed by atoms with Gasteiger partial charge in [0.25, 0.3) is 5.91 Å². The third-order valence-corrected chi connectivity index (χ3v) is 6.41. The first-order valence-corrected chi connectivity index (χ1v) is 11.2. The van der Waals surface area contributed by atoms with Crippen molar-refractivity contribution in [3.8, 4) is 11.5 Å². The molecule has 0 radical (unpaired) electrons. The van der Waals surface area contributed by atoms with Crippen molar-refractivity contribution in [2.45, 2.75) is 31.9 Å². The minimum Gasteiger partial charge on any atom is -0.497 e. The highest BCUT2D eigenvalue weighted by molar-refractivity contribution is 6.00. The van der Waals surface area contributed by atoms with Crippen molar-refractivity contribution in [3.05, 3.63) is 53.1 Å². The summed E-state index contributed by atoms with van der Waals surface area (Å²) in [5.74, 6) is 0.793. The van der Waals surface area contributed by atoms with Crippen molar-refractivity contribution in [2.24, 2.45) is 0 Å². The smallest absolute Gasteiger partial charge is 0.433 e. The molecular weight excluding hydrogens is 463 g/mol. The van der Waals surface area contributed by atoms with E-state index in [1.165, 1.54) is 0 Å². The fraction of sp³-hybridized carbons (Fsp3) is 0.375. The van der Waals surface area contributed by atoms with Crippen molar-refractivity contribution in [1.82, 2.24) is 24.5 Å². The fourth-order valence-electron chi connectivity index (χ4n) is 4.56. The normalized spacial score (nSPS) is 16.4. The van der Waals surface area contributed by atoms with E-state index in [9.17, 15) is 18.0 Å². The molecule has 4 heterocycles. The number of carbonyl (C=O) groups is 1. The van der Waals surface area contributed by atoms with Crippen LogP contribution in [-0.4, -0.2) is 57.7 Å². The van der Waals surface area contributed by atoms with Crippen LogP contribution in [0.25, 0.3) is 16.6 Å². The number of rotatable bonds is 5. The molecule has 0 aliphatic carbocycles. The van der Waals surface area contributed by atoms with Crippen LogP contribution in [0.15, 0.2) is 30.3 Å². The monoisotopic (exact) mass is 487 g/mol. The minimum atomic E-state index is -4.55. The lowest BCUT2D eigenvalue weighted by atomic mass is 10.1. The van der Waals surface area contributed by atoms with Gasteiger partial charge in [-0.1, -0.05) is 6.92 Å². The number of aryl methyl sites for hydroxylation is 1. The highest BCUT2D eigenvalue weighted by atomic mass is 19.4. The number of fused-ring (bicyclic) bond motifs is 2. The summed E-state index contributed by atoms with van der Waals surface area (Å²) in [6, 6.07) is 7.89. The number of H-pyrrole nitrogens is 1. The van der Waals surface area contributed by atoms with E-state index in [4.69, 9.17) is 9.47 Å². The van der Waals surface area contributed by atoms with Crippen LogP contribution in [-0.2, 0) is 12.6 Å². The Morgan fingerprint density at radius 2 is 1.97 bits per heavy atom. The van der Waals surface area contributed by atoms with E-state index in [0.29, 0.717) is 60.0 Å². The van der Waals surface area contributed by atoms with Crippen LogP contribution in [0, 0.1) is 0 Å². The molecule has 1 unspecified atom stereocenters. The number of aromatic nitrogens is 4. The molecule has 1 fully saturated rings. The number of aromatic amines is 1. The Morgan fingerprint density at radius 1 is 1.17 bits per heavy atom. The van der Waals surface area contributed by atoms with Crippen LogP contribution in [0.5, 0.6) is 11.5 Å². The number of likely N-dealkylation sites (tertiary alicyclic amines) is 1. The van der Waals surface area contributed by atoms with Crippen molar-refractivity contribution >= 4 is 22.5 Å². The fourth-order valence-corrected chi connectivity index (χ4v) is 4.56. The van der Waals surface area contributed by atoms with Gasteiger partial charge < -0.3 is 19.4 Å². The molecule has 1 aromatic carbocycles. The highest BCUT2D eigenvalue weighted by Crippen LogP contribution is 2.34. The standard InChI is InChI=1S/C24H24F3N5O3/c1-4-14-7-21(24(25,26)27)32-22(28-14)11-17(30-32)13-5-6-31(12-13)23(33)19-10-16-18(29-19)8-15(34-2)9-20(16)35-3/h7-11,13,29H,4-6,12H2,1-3H3. The summed E-state index contributed by atoms with van der Waals surface area (Å²) in [5, 5.41) is 4.99. The van der Waals surface area contributed by atoms with Crippen LogP contribution in [0.2, 0.25) is 0 Å². The molecule has 184 valence electrons. The lowest BCUT2D eigenvalue weighted by Crippen LogP contribution is -2.28. The summed E-state index contributed by atoms with van der Waals surface area (Å²) in [7, 11) is 3.10. The first-order chi connectivity index (χ1) is 16.7. The van der Waals surface area contributed by atoms with Crippen molar-refractivity contribution in [3.63, 3.8) is 0 Å². The number of carbonyl (C=O) groups excluding carboxylic acids is 1. The molecule has 35 heavy (non-hydrogen) atoms. The van der Waals surface area contributed by atoms with E-state index < -0.39 is 11.9 Å². The van der Waals surface area contributed by atoms with E-state index in [1.54, 1.807) is 50.3 Å². The molecule has 0 saturated carbocycles. The molecular formula is C24H24F3N5O3. The number of hydrogen-bond acceptors (Lipinski definition) is 5. The predicted octanol–water partition coefficient (Wildman–Crippen LogP) is 4.44. The molecule has 1 aliphatic rings. The zero-order valence-corrected chi connectivity index (χ0v) is 19.4. The summed E-state index contributed by atoms with van der Waals surface area (Å²) in [6.07, 6.45) is -3.58. The van der Waals surface area contributed by atoms with E-state index in [2.05, 4.69) is 15.1 Å². The van der Waals surface area contributed by atoms with Gasteiger partial charge in [-0.25, -0.2) is 9.50 Å². The van der Waals surface area contributed by atoms with Crippen LogP contribution in [0.1, 0.15) is 46.8 Å². The van der Waals surface area contributed by atoms with Crippen LogP contribution in [0.3, 0.4) is 0 Å². The quantitative estimate of drug-likeness (QED) is 0.450. The van der Waals surface area contributed by atoms with Gasteiger partial charge in [0.15, 0.2) is 5.65 Å². The molecule has 11 heteroatoms. The maximum atomic E-state index is 13.6. The van der Waals surface area contributed by atoms with Crippen LogP contribution >= 0.6 is 0 Å². The SMILES string of the molecule is CCc1cc(C(F)(F)F)n2nc(C3CCN(C(=O)c4cc5c(OC)cc(OC)cc5[nH]4)C3)cc2n1. The number of halogens is 3. The molecule has 4 aromatic rings. The Morgan fingerprint density at radius 3 is 2.66 bits per heavy atom. The second kappa shape index (κ2) is 8.47. The topological polar surface area (TPSA) is 84.8 Å². The largest absolute Gasteiger partial charge is 0.497 e. The zero-order chi connectivity index (χ0) is 24.9. The van der Waals surface area contributed by atoms with E-state index in [1.807, 2.05) is 0 Å². The van der Waals surface area contributed by atoms with E-state index in [0.717, 1.165) is 16.0 Å². The maximum absolute atomic E-state index is 13.6. The lowest BCUT2D eigenvalue weighted by Gasteiger charge is -2.15. The number of alkyl halides is 3. The number of methoxy groups -OCH3 is 2. The van der Waals surface area contributed by atoms with Gasteiger partial charge in [-0.15, -0.1) is 0 Å². The van der Waals surface area contributed by atoms with Gasteiger partial charge in [-0.05, 0) is 25.0 Å². The molecule has 5 rings (SSSR count). The van der Waals surface area contributed by atoms with E-state index >= 15 is 0 Å². The molecule has 8 nitrogen and oxygen atoms in total. The van der Waals surface area contributed by atoms with Gasteiger partial charge in [-0.2, -0.15) is 18.3 Å². The summed E-state index contributed by atoms with van der Waals surface area (Å²) in [5.41, 5.74) is 1.26. The number of benzene rings is 1. The molecule has 1 amide bonds. The van der Waals surface area contributed by atoms with Crippen molar-refractivity contribution < 1.29 is 27.4 Å². The molecule has 0 spiro atoms. The van der Waals surface area contributed by atoms with Gasteiger partial charge in [0.1, 0.15) is 22.9 Å². The van der Waals surface area contributed by atoms with Crippen molar-refractivity contribution in [2.75, 3.05) is 27.3 Å². The van der Waals surface area contributed by atoms with Gasteiger partial charge in [-0.3, -0.25) is 4.79 Å². The summed E-state index contributed by atoms with van der Waals surface area (Å²) in [6.45, 7) is 2.57. The zero-order valence-electron chi connectivity index (χ0n) is 19.4. The van der Waals surface area contributed by atoms with Crippen molar-refractivity contribution in [1.29, 1.82) is 0 Å². The molecule has 0 bridgehead atoms. The Hall–Kier alpha value is -3.76. The third-order valence-electron chi connectivity index (χ3n) is 6.41. The second-order valence-electron chi connectivity index (χ2n) is 8.53. The summed E-state index contributed by atoms with van der Waals surface area (Å²) < 4.78 is 52.4. The lowest BCUT2D eigenvalue weighted by molar-refractivity contribution is -0.142. The highest BCUT2D eigenvalue weighted by Gasteiger charge is 2.36. The first-order valence-electron chi connectivity index (χ1n) is 11.2. The number of nitrogens with one attached hydrogen (secondary N) is 1. The number of hydrogen-bond donors (Lipinski definition) is 1. The average Bonchev–Trinajstić information content (AvgIpc) is 3.58. The Bertz CT molecular complexity index is 1430. The number of ether oxygens (including phenoxy) is 2. The number of nitrogens with zero attached hydrogens (tertiary/aromatic N) is 4. The third kappa shape index (κ3) is 4.04. The molecule has 1 saturated heterocycles. The van der Waals surface area contributed by atoms with Gasteiger partial charge in [0.2, 0.25) is 0 Å². The molecule has 1 aliphatic heterocycles. The summed E-state index contributed by atoms with van der Waals surface area (Å²) in [4.78, 5) is 22.3. The second-order valence-corrected chi connectivity index (χ2v) is 8.53. The first kappa shape index (κ1) is 23.0. The average molecular weight is 487 g/mol. The number of amides is 1. The van der Waals surface area contributed by atoms with Gasteiger partial charge in [0, 0.05) is 48.3 Å². The Balaban J connectivity index is 1.41. The minimum absolute atomic E-state index is 0.160. The Kier molecular flexibility index (Phi) is 5.57. The predicted molar refractivity (Wildman–Crippen MR) is 122 cm³/mol. The molecule has 1 atom stereocenters. The van der Waals surface area contributed by atoms with Crippen LogP contribution in [0.4, 0.5) is 13.2 Å². The summed E-state index contributed by atoms with van der Waals surface area (Å²) >= 11 is 0. The van der Waals surface area contributed by atoms with E-state index in [-0.39, 0.29) is 17.5 Å². The maximum Gasteiger partial charge on any atom is 0.433 e. The molecule has 3 aromatic heterocycles.